The minimum atomic E-state index is -1.22. The number of nitrogens with two attached hydrogens (primary N) is 1. The molecule has 1 saturated carbocycles. The van der Waals surface area contributed by atoms with Gasteiger partial charge in [-0.15, -0.1) is 0 Å². The molecule has 1 aliphatic carbocycles. The Morgan fingerprint density at radius 3 is 2.52 bits per heavy atom. The fourth-order valence-corrected chi connectivity index (χ4v) is 3.64. The van der Waals surface area contributed by atoms with Gasteiger partial charge in [-0.05, 0) is 62.4 Å². The Balaban J connectivity index is 1.72. The summed E-state index contributed by atoms with van der Waals surface area (Å²) in [5, 5.41) is 3.36. The smallest absolute Gasteiger partial charge is 0.240 e. The molecule has 0 aliphatic heterocycles. The number of aromatic nitrogens is 1. The van der Waals surface area contributed by atoms with Crippen LogP contribution in [0.1, 0.15) is 31.2 Å². The lowest BCUT2D eigenvalue weighted by Gasteiger charge is -2.35. The number of ether oxygens (including phenoxy) is 2. The zero-order valence-electron chi connectivity index (χ0n) is 16.4. The predicted octanol–water partition coefficient (Wildman–Crippen LogP) is 3.83. The molecular weight excluding hydrogens is 394 g/mol. The molecule has 1 aromatic carbocycles. The number of aryl methyl sites for hydroxylation is 1. The van der Waals surface area contributed by atoms with E-state index >= 15 is 0 Å². The molecule has 1 heterocycles. The van der Waals surface area contributed by atoms with E-state index in [0.717, 1.165) is 5.56 Å². The molecule has 0 radical (unpaired) electrons. The van der Waals surface area contributed by atoms with Gasteiger partial charge in [-0.25, -0.2) is 4.98 Å². The highest BCUT2D eigenvalue weighted by Crippen LogP contribution is 2.38. The van der Waals surface area contributed by atoms with Gasteiger partial charge < -0.3 is 20.5 Å². The van der Waals surface area contributed by atoms with Gasteiger partial charge in [0, 0.05) is 25.1 Å². The number of nitrogens with zero attached hydrogens (tertiary/aromatic N) is 1. The predicted molar refractivity (Wildman–Crippen MR) is 110 cm³/mol. The number of hydrogen-bond donors (Lipinski definition) is 2. The number of halogens is 1. The van der Waals surface area contributed by atoms with Gasteiger partial charge in [0.2, 0.25) is 17.7 Å². The number of pyridine rings is 1. The van der Waals surface area contributed by atoms with Crippen molar-refractivity contribution >= 4 is 29.1 Å². The molecule has 3 N–H and O–H groups in total. The minimum absolute atomic E-state index is 0.0513. The van der Waals surface area contributed by atoms with E-state index in [9.17, 15) is 9.59 Å². The molecule has 8 heteroatoms. The molecule has 0 saturated heterocycles. The first-order chi connectivity index (χ1) is 13.8. The molecule has 29 heavy (non-hydrogen) atoms. The zero-order chi connectivity index (χ0) is 21.0. The Morgan fingerprint density at radius 2 is 1.97 bits per heavy atom. The molecule has 0 bridgehead atoms. The molecule has 2 aromatic rings. The lowest BCUT2D eigenvalue weighted by atomic mass is 9.71. The Morgan fingerprint density at radius 1 is 1.24 bits per heavy atom. The summed E-state index contributed by atoms with van der Waals surface area (Å²) in [5.41, 5.74) is 5.77. The van der Waals surface area contributed by atoms with Gasteiger partial charge >= 0.3 is 0 Å². The minimum Gasteiger partial charge on any atom is -0.439 e. The van der Waals surface area contributed by atoms with Gasteiger partial charge in [-0.3, -0.25) is 9.59 Å². The standard InChI is InChI=1S/C21H24ClN3O4/c1-13-11-15(4-5-17(13)29-18-6-3-14(22)12-24-18)25-20(27)21(19(23)26)9-7-16(28-2)8-10-21/h3-6,11-12,16H,7-10H2,1-2H3,(H2,23,26)(H,25,27). The van der Waals surface area contributed by atoms with Crippen molar-refractivity contribution in [3.63, 3.8) is 0 Å². The van der Waals surface area contributed by atoms with Crippen LogP contribution in [0.3, 0.4) is 0 Å². The second-order valence-corrected chi connectivity index (χ2v) is 7.67. The number of amides is 2. The number of primary amides is 1. The van der Waals surface area contributed by atoms with Crippen molar-refractivity contribution in [2.75, 3.05) is 12.4 Å². The molecule has 0 unspecified atom stereocenters. The van der Waals surface area contributed by atoms with E-state index < -0.39 is 11.3 Å². The summed E-state index contributed by atoms with van der Waals surface area (Å²) in [7, 11) is 1.63. The van der Waals surface area contributed by atoms with Crippen molar-refractivity contribution in [1.29, 1.82) is 0 Å². The largest absolute Gasteiger partial charge is 0.439 e. The molecule has 154 valence electrons. The first kappa shape index (κ1) is 21.1. The van der Waals surface area contributed by atoms with Crippen LogP contribution in [0, 0.1) is 12.3 Å². The Bertz CT molecular complexity index is 893. The van der Waals surface area contributed by atoms with Crippen LogP contribution < -0.4 is 15.8 Å². The fraction of sp³-hybridized carbons (Fsp3) is 0.381. The third kappa shape index (κ3) is 4.68. The topological polar surface area (TPSA) is 104 Å². The maximum absolute atomic E-state index is 12.9. The lowest BCUT2D eigenvalue weighted by Crippen LogP contribution is -2.49. The van der Waals surface area contributed by atoms with E-state index in [1.807, 2.05) is 6.92 Å². The maximum Gasteiger partial charge on any atom is 0.240 e. The van der Waals surface area contributed by atoms with Gasteiger partial charge in [-0.1, -0.05) is 11.6 Å². The van der Waals surface area contributed by atoms with E-state index in [4.69, 9.17) is 26.8 Å². The van der Waals surface area contributed by atoms with E-state index in [2.05, 4.69) is 10.3 Å². The Kier molecular flexibility index (Phi) is 6.39. The summed E-state index contributed by atoms with van der Waals surface area (Å²) in [5.74, 6) is 0.0296. The molecular formula is C21H24ClN3O4. The van der Waals surface area contributed by atoms with Gasteiger partial charge in [0.15, 0.2) is 0 Å². The normalized spacial score (nSPS) is 21.4. The van der Waals surface area contributed by atoms with E-state index in [1.54, 1.807) is 37.4 Å². The van der Waals surface area contributed by atoms with E-state index in [0.29, 0.717) is 48.0 Å². The van der Waals surface area contributed by atoms with Crippen LogP contribution in [-0.4, -0.2) is 30.0 Å². The number of anilines is 1. The molecule has 3 rings (SSSR count). The average molecular weight is 418 g/mol. The number of carbonyl (C=O) groups is 2. The first-order valence-electron chi connectivity index (χ1n) is 9.38. The van der Waals surface area contributed by atoms with Gasteiger partial charge in [0.05, 0.1) is 11.1 Å². The van der Waals surface area contributed by atoms with Crippen molar-refractivity contribution in [3.05, 3.63) is 47.1 Å². The Hall–Kier alpha value is -2.64. The summed E-state index contributed by atoms with van der Waals surface area (Å²) < 4.78 is 11.1. The first-order valence-corrected chi connectivity index (χ1v) is 9.76. The van der Waals surface area contributed by atoms with Crippen LogP contribution in [0.2, 0.25) is 5.02 Å². The molecule has 1 aliphatic rings. The molecule has 2 amide bonds. The quantitative estimate of drug-likeness (QED) is 0.695. The van der Waals surface area contributed by atoms with E-state index in [-0.39, 0.29) is 12.0 Å². The number of methoxy groups -OCH3 is 1. The van der Waals surface area contributed by atoms with Crippen LogP contribution in [0.4, 0.5) is 5.69 Å². The second-order valence-electron chi connectivity index (χ2n) is 7.23. The highest BCUT2D eigenvalue weighted by Gasteiger charge is 2.47. The molecule has 1 fully saturated rings. The molecule has 7 nitrogen and oxygen atoms in total. The number of rotatable bonds is 6. The van der Waals surface area contributed by atoms with Gasteiger partial charge in [0.1, 0.15) is 11.2 Å². The monoisotopic (exact) mass is 417 g/mol. The SMILES string of the molecule is COC1CCC(C(N)=O)(C(=O)Nc2ccc(Oc3ccc(Cl)cn3)c(C)c2)CC1. The molecule has 1 aromatic heterocycles. The van der Waals surface area contributed by atoms with Crippen molar-refractivity contribution in [1.82, 2.24) is 4.98 Å². The number of hydrogen-bond acceptors (Lipinski definition) is 5. The van der Waals surface area contributed by atoms with Crippen LogP contribution in [0.15, 0.2) is 36.5 Å². The number of nitrogens with one attached hydrogen (secondary N) is 1. The van der Waals surface area contributed by atoms with Crippen LogP contribution in [0.5, 0.6) is 11.6 Å². The van der Waals surface area contributed by atoms with Crippen molar-refractivity contribution in [2.45, 2.75) is 38.7 Å². The van der Waals surface area contributed by atoms with E-state index in [1.165, 1.54) is 6.20 Å². The number of carbonyl (C=O) groups excluding carboxylic acids is 2. The van der Waals surface area contributed by atoms with Crippen molar-refractivity contribution < 1.29 is 19.1 Å². The van der Waals surface area contributed by atoms with Crippen molar-refractivity contribution in [2.24, 2.45) is 11.1 Å². The van der Waals surface area contributed by atoms with Crippen molar-refractivity contribution in [3.8, 4) is 11.6 Å². The summed E-state index contributed by atoms with van der Waals surface area (Å²) in [4.78, 5) is 29.2. The third-order valence-corrected chi connectivity index (χ3v) is 5.60. The average Bonchev–Trinajstić information content (AvgIpc) is 2.71. The highest BCUT2D eigenvalue weighted by atomic mass is 35.5. The van der Waals surface area contributed by atoms with Crippen LogP contribution in [0.25, 0.3) is 0 Å². The fourth-order valence-electron chi connectivity index (χ4n) is 3.53. The third-order valence-electron chi connectivity index (χ3n) is 5.37. The summed E-state index contributed by atoms with van der Waals surface area (Å²) >= 11 is 5.83. The summed E-state index contributed by atoms with van der Waals surface area (Å²) in [6.07, 6.45) is 3.53. The van der Waals surface area contributed by atoms with Crippen LogP contribution >= 0.6 is 11.6 Å². The second kappa shape index (κ2) is 8.80. The maximum atomic E-state index is 12.9. The molecule has 0 spiro atoms. The number of benzene rings is 1. The lowest BCUT2D eigenvalue weighted by molar-refractivity contribution is -0.142. The summed E-state index contributed by atoms with van der Waals surface area (Å²) in [6, 6.07) is 8.59. The van der Waals surface area contributed by atoms with Gasteiger partial charge in [-0.2, -0.15) is 0 Å². The van der Waals surface area contributed by atoms with Gasteiger partial charge in [0.25, 0.3) is 0 Å². The summed E-state index contributed by atoms with van der Waals surface area (Å²) in [6.45, 7) is 1.86. The Labute approximate surface area is 174 Å². The van der Waals surface area contributed by atoms with Crippen LogP contribution in [-0.2, 0) is 14.3 Å². The zero-order valence-corrected chi connectivity index (χ0v) is 17.2. The molecule has 0 atom stereocenters. The highest BCUT2D eigenvalue weighted by molar-refractivity contribution is 6.30.